The van der Waals surface area contributed by atoms with Crippen molar-refractivity contribution >= 4 is 24.0 Å². The molecule has 2 aromatic rings. The summed E-state index contributed by atoms with van der Waals surface area (Å²) < 4.78 is 38.8. The normalized spacial score (nSPS) is 19.6. The van der Waals surface area contributed by atoms with E-state index in [1.165, 1.54) is 23.5 Å². The maximum absolute atomic E-state index is 13.5. The van der Waals surface area contributed by atoms with Crippen molar-refractivity contribution in [2.45, 2.75) is 38.9 Å². The summed E-state index contributed by atoms with van der Waals surface area (Å²) in [6, 6.07) is 3.41. The van der Waals surface area contributed by atoms with Crippen molar-refractivity contribution < 1.29 is 18.1 Å². The Bertz CT molecular complexity index is 681. The van der Waals surface area contributed by atoms with Gasteiger partial charge in [0.05, 0.1) is 27.2 Å². The van der Waals surface area contributed by atoms with E-state index in [2.05, 4.69) is 4.98 Å². The Morgan fingerprint density at radius 2 is 1.55 bits per heavy atom. The van der Waals surface area contributed by atoms with Gasteiger partial charge in [-0.05, 0) is 45.4 Å². The summed E-state index contributed by atoms with van der Waals surface area (Å²) in [5, 5.41) is 0. The Kier molecular flexibility index (Phi) is 3.62. The predicted molar refractivity (Wildman–Crippen MR) is 83.2 cm³/mol. The van der Waals surface area contributed by atoms with E-state index >= 15 is 0 Å². The third-order valence-electron chi connectivity index (χ3n) is 4.20. The van der Waals surface area contributed by atoms with E-state index in [1.54, 1.807) is 5.51 Å². The number of aromatic nitrogens is 1. The van der Waals surface area contributed by atoms with E-state index in [9.17, 15) is 8.78 Å². The highest BCUT2D eigenvalue weighted by Gasteiger charge is 2.53. The minimum atomic E-state index is -0.655. The van der Waals surface area contributed by atoms with Gasteiger partial charge in [0.15, 0.2) is 0 Å². The van der Waals surface area contributed by atoms with Crippen LogP contribution >= 0.6 is 11.3 Å². The van der Waals surface area contributed by atoms with E-state index in [1.807, 2.05) is 27.7 Å². The van der Waals surface area contributed by atoms with Crippen LogP contribution in [0, 0.1) is 11.6 Å². The molecule has 116 valence electrons. The monoisotopic (exact) mass is 323 g/mol. The van der Waals surface area contributed by atoms with Gasteiger partial charge in [-0.3, -0.25) is 4.98 Å². The average Bonchev–Trinajstić information content (AvgIpc) is 2.91. The highest BCUT2D eigenvalue weighted by molar-refractivity contribution is 7.14. The van der Waals surface area contributed by atoms with Crippen molar-refractivity contribution in [1.29, 1.82) is 0 Å². The van der Waals surface area contributed by atoms with Crippen LogP contribution in [-0.2, 0) is 9.31 Å². The van der Waals surface area contributed by atoms with Gasteiger partial charge in [-0.25, -0.2) is 8.78 Å². The first-order valence-corrected chi connectivity index (χ1v) is 7.83. The van der Waals surface area contributed by atoms with Crippen LogP contribution in [0.3, 0.4) is 0 Å². The Labute approximate surface area is 132 Å². The zero-order chi connectivity index (χ0) is 16.1. The summed E-state index contributed by atoms with van der Waals surface area (Å²) in [5.74, 6) is -1.24. The predicted octanol–water partition coefficient (Wildman–Crippen LogP) is 3.39. The van der Waals surface area contributed by atoms with Crippen molar-refractivity contribution in [3.8, 4) is 10.4 Å². The third-order valence-corrected chi connectivity index (χ3v) is 5.09. The standard InChI is InChI=1S/C15H16BF2NO2S/c1-14(2)15(3,4)21-16(20-14)13-12(22-8-19-13)9-5-10(17)7-11(18)6-9/h5-8H,1-4H3. The SMILES string of the molecule is CC1(C)OB(c2ncsc2-c2cc(F)cc(F)c2)OC1(C)C. The smallest absolute Gasteiger partial charge is 0.398 e. The molecule has 0 aliphatic carbocycles. The molecule has 0 amide bonds. The fourth-order valence-electron chi connectivity index (χ4n) is 2.28. The summed E-state index contributed by atoms with van der Waals surface area (Å²) in [6.45, 7) is 7.78. The van der Waals surface area contributed by atoms with Gasteiger partial charge in [-0.1, -0.05) is 0 Å². The fourth-order valence-corrected chi connectivity index (χ4v) is 3.07. The number of hydrogen-bond donors (Lipinski definition) is 0. The van der Waals surface area contributed by atoms with Crippen molar-refractivity contribution in [2.24, 2.45) is 0 Å². The van der Waals surface area contributed by atoms with Gasteiger partial charge >= 0.3 is 7.12 Å². The van der Waals surface area contributed by atoms with E-state index in [-0.39, 0.29) is 0 Å². The first-order chi connectivity index (χ1) is 10.2. The molecule has 0 N–H and O–H groups in total. The lowest BCUT2D eigenvalue weighted by Crippen LogP contribution is -2.41. The number of halogens is 2. The zero-order valence-electron chi connectivity index (χ0n) is 12.8. The van der Waals surface area contributed by atoms with Crippen molar-refractivity contribution in [3.05, 3.63) is 35.3 Å². The highest BCUT2D eigenvalue weighted by atomic mass is 32.1. The fraction of sp³-hybridized carbons (Fsp3) is 0.400. The van der Waals surface area contributed by atoms with Crippen LogP contribution in [0.1, 0.15) is 27.7 Å². The molecule has 0 saturated carbocycles. The summed E-state index contributed by atoms with van der Waals surface area (Å²) in [7, 11) is -0.655. The van der Waals surface area contributed by atoms with E-state index in [0.717, 1.165) is 6.07 Å². The number of nitrogens with zero attached hydrogens (tertiary/aromatic N) is 1. The maximum atomic E-state index is 13.5. The summed E-state index contributed by atoms with van der Waals surface area (Å²) in [4.78, 5) is 4.94. The molecule has 0 bridgehead atoms. The second-order valence-electron chi connectivity index (χ2n) is 6.31. The average molecular weight is 323 g/mol. The number of hydrogen-bond acceptors (Lipinski definition) is 4. The van der Waals surface area contributed by atoms with Gasteiger partial charge in [-0.15, -0.1) is 11.3 Å². The zero-order valence-corrected chi connectivity index (χ0v) is 13.6. The first-order valence-electron chi connectivity index (χ1n) is 6.95. The molecule has 7 heteroatoms. The quantitative estimate of drug-likeness (QED) is 0.794. The van der Waals surface area contributed by atoms with Gasteiger partial charge in [0, 0.05) is 6.07 Å². The molecule has 0 radical (unpaired) electrons. The maximum Gasteiger partial charge on any atom is 0.516 e. The number of benzene rings is 1. The van der Waals surface area contributed by atoms with Gasteiger partial charge < -0.3 is 9.31 Å². The molecule has 0 unspecified atom stereocenters. The van der Waals surface area contributed by atoms with Gasteiger partial charge in [0.2, 0.25) is 0 Å². The molecule has 1 saturated heterocycles. The number of rotatable bonds is 2. The minimum absolute atomic E-state index is 0.435. The third kappa shape index (κ3) is 2.57. The number of thiazole rings is 1. The Balaban J connectivity index is 2.00. The lowest BCUT2D eigenvalue weighted by atomic mass is 9.82. The lowest BCUT2D eigenvalue weighted by Gasteiger charge is -2.32. The molecule has 0 atom stereocenters. The van der Waals surface area contributed by atoms with Crippen LogP contribution in [0.2, 0.25) is 0 Å². The van der Waals surface area contributed by atoms with Crippen LogP contribution in [0.5, 0.6) is 0 Å². The van der Waals surface area contributed by atoms with E-state index in [4.69, 9.17) is 9.31 Å². The first kappa shape index (κ1) is 15.6. The van der Waals surface area contributed by atoms with Crippen LogP contribution in [0.4, 0.5) is 8.78 Å². The van der Waals surface area contributed by atoms with Gasteiger partial charge in [0.1, 0.15) is 11.6 Å². The Hall–Kier alpha value is -1.31. The molecular weight excluding hydrogens is 307 g/mol. The van der Waals surface area contributed by atoms with Crippen LogP contribution in [-0.4, -0.2) is 23.3 Å². The Morgan fingerprint density at radius 1 is 1.00 bits per heavy atom. The second kappa shape index (κ2) is 5.11. The molecular formula is C15H16BF2NO2S. The second-order valence-corrected chi connectivity index (χ2v) is 7.17. The summed E-state index contributed by atoms with van der Waals surface area (Å²) in [5.41, 5.74) is 1.62. The molecule has 1 fully saturated rings. The van der Waals surface area contributed by atoms with E-state index in [0.29, 0.717) is 16.0 Å². The molecule has 3 rings (SSSR count). The van der Waals surface area contributed by atoms with Crippen LogP contribution in [0.25, 0.3) is 10.4 Å². The lowest BCUT2D eigenvalue weighted by molar-refractivity contribution is 0.00578. The van der Waals surface area contributed by atoms with Gasteiger partial charge in [0.25, 0.3) is 0 Å². The topological polar surface area (TPSA) is 31.4 Å². The van der Waals surface area contributed by atoms with Gasteiger partial charge in [-0.2, -0.15) is 0 Å². The molecule has 2 heterocycles. The highest BCUT2D eigenvalue weighted by Crippen LogP contribution is 2.37. The Morgan fingerprint density at radius 3 is 2.09 bits per heavy atom. The summed E-state index contributed by atoms with van der Waals surface area (Å²) in [6.07, 6.45) is 0. The molecule has 1 aromatic carbocycles. The van der Waals surface area contributed by atoms with Crippen molar-refractivity contribution in [2.75, 3.05) is 0 Å². The molecule has 22 heavy (non-hydrogen) atoms. The molecule has 1 aliphatic heterocycles. The largest absolute Gasteiger partial charge is 0.516 e. The molecule has 3 nitrogen and oxygen atoms in total. The molecule has 1 aromatic heterocycles. The van der Waals surface area contributed by atoms with Crippen LogP contribution < -0.4 is 5.59 Å². The van der Waals surface area contributed by atoms with E-state index < -0.39 is 30.0 Å². The minimum Gasteiger partial charge on any atom is -0.398 e. The molecule has 0 spiro atoms. The molecule has 1 aliphatic rings. The van der Waals surface area contributed by atoms with Crippen LogP contribution in [0.15, 0.2) is 23.7 Å². The van der Waals surface area contributed by atoms with Crippen molar-refractivity contribution in [1.82, 2.24) is 4.98 Å². The van der Waals surface area contributed by atoms with Crippen molar-refractivity contribution in [3.63, 3.8) is 0 Å². The summed E-state index contributed by atoms with van der Waals surface area (Å²) >= 11 is 1.30.